The molecule has 0 saturated heterocycles. The van der Waals surface area contributed by atoms with Crippen molar-refractivity contribution in [1.82, 2.24) is 9.13 Å². The largest absolute Gasteiger partial charge is 0.309 e. The SMILES string of the molecule is c1ccc(N2c3ccccc3Sc3cc(-n4c5ccccc5c5c4ccc4c6ccccc6n(-c6ccc7c(c6)Sc6ccccc6N7c6ccccc6)c45)ccc32)cc1. The lowest BCUT2D eigenvalue weighted by Gasteiger charge is -2.33. The lowest BCUT2D eigenvalue weighted by molar-refractivity contribution is 1.12. The summed E-state index contributed by atoms with van der Waals surface area (Å²) in [6, 6.07) is 75.4. The summed E-state index contributed by atoms with van der Waals surface area (Å²) in [5, 5.41) is 4.99. The van der Waals surface area contributed by atoms with Gasteiger partial charge in [0.05, 0.1) is 44.8 Å². The number of fused-ring (bicyclic) bond motifs is 11. The zero-order chi connectivity index (χ0) is 39.3. The van der Waals surface area contributed by atoms with Crippen LogP contribution in [0, 0.1) is 0 Å². The van der Waals surface area contributed by atoms with Gasteiger partial charge in [0, 0.05) is 63.9 Å². The van der Waals surface area contributed by atoms with Gasteiger partial charge < -0.3 is 18.9 Å². The second-order valence-electron chi connectivity index (χ2n) is 15.3. The minimum atomic E-state index is 1.15. The number of para-hydroxylation sites is 6. The maximum atomic E-state index is 2.51. The molecule has 2 aromatic heterocycles. The van der Waals surface area contributed by atoms with Crippen LogP contribution < -0.4 is 9.80 Å². The topological polar surface area (TPSA) is 16.3 Å². The lowest BCUT2D eigenvalue weighted by Crippen LogP contribution is -2.15. The number of anilines is 6. The van der Waals surface area contributed by atoms with E-state index in [4.69, 9.17) is 0 Å². The Morgan fingerprint density at radius 3 is 1.35 bits per heavy atom. The highest BCUT2D eigenvalue weighted by atomic mass is 32.2. The van der Waals surface area contributed by atoms with Gasteiger partial charge in [-0.3, -0.25) is 0 Å². The normalized spacial score (nSPS) is 13.1. The molecule has 0 spiro atoms. The quantitative estimate of drug-likeness (QED) is 0.176. The number of aromatic nitrogens is 2. The molecule has 4 heterocycles. The van der Waals surface area contributed by atoms with Gasteiger partial charge in [0.1, 0.15) is 0 Å². The summed E-state index contributed by atoms with van der Waals surface area (Å²) in [4.78, 5) is 9.75. The van der Waals surface area contributed by atoms with Gasteiger partial charge in [-0.1, -0.05) is 127 Å². The van der Waals surface area contributed by atoms with Crippen LogP contribution in [-0.4, -0.2) is 9.13 Å². The molecule has 2 aliphatic heterocycles. The molecule has 2 aliphatic rings. The van der Waals surface area contributed by atoms with E-state index in [1.807, 2.05) is 23.5 Å². The molecule has 0 N–H and O–H groups in total. The van der Waals surface area contributed by atoms with Crippen LogP contribution in [0.5, 0.6) is 0 Å². The summed E-state index contributed by atoms with van der Waals surface area (Å²) in [6.45, 7) is 0. The van der Waals surface area contributed by atoms with Crippen molar-refractivity contribution in [1.29, 1.82) is 0 Å². The predicted molar refractivity (Wildman–Crippen MR) is 253 cm³/mol. The first-order valence-electron chi connectivity index (χ1n) is 20.3. The van der Waals surface area contributed by atoms with E-state index in [-0.39, 0.29) is 0 Å². The third-order valence-electron chi connectivity index (χ3n) is 12.0. The molecule has 0 atom stereocenters. The molecule has 0 fully saturated rings. The van der Waals surface area contributed by atoms with E-state index >= 15 is 0 Å². The highest BCUT2D eigenvalue weighted by Crippen LogP contribution is 2.54. The van der Waals surface area contributed by atoms with Gasteiger partial charge in [0.15, 0.2) is 0 Å². The summed E-state index contributed by atoms with van der Waals surface area (Å²) in [5.41, 5.74) is 14.2. The van der Waals surface area contributed by atoms with E-state index in [9.17, 15) is 0 Å². The van der Waals surface area contributed by atoms with E-state index in [1.165, 1.54) is 85.9 Å². The third-order valence-corrected chi connectivity index (χ3v) is 14.3. The van der Waals surface area contributed by atoms with Gasteiger partial charge in [-0.05, 0) is 103 Å². The van der Waals surface area contributed by atoms with E-state index in [0.29, 0.717) is 0 Å². The predicted octanol–water partition coefficient (Wildman–Crippen LogP) is 15.7. The zero-order valence-electron chi connectivity index (χ0n) is 32.2. The Morgan fingerprint density at radius 1 is 0.283 bits per heavy atom. The van der Waals surface area contributed by atoms with Crippen molar-refractivity contribution in [3.8, 4) is 11.4 Å². The van der Waals surface area contributed by atoms with Crippen molar-refractivity contribution in [3.05, 3.63) is 206 Å². The van der Waals surface area contributed by atoms with E-state index in [0.717, 1.165) is 22.7 Å². The van der Waals surface area contributed by atoms with Crippen molar-refractivity contribution in [3.63, 3.8) is 0 Å². The van der Waals surface area contributed by atoms with Crippen LogP contribution in [0.4, 0.5) is 34.1 Å². The van der Waals surface area contributed by atoms with Crippen molar-refractivity contribution in [2.24, 2.45) is 0 Å². The van der Waals surface area contributed by atoms with Crippen molar-refractivity contribution in [2.75, 3.05) is 9.80 Å². The Labute approximate surface area is 355 Å². The van der Waals surface area contributed by atoms with E-state index < -0.39 is 0 Å². The molecule has 4 nitrogen and oxygen atoms in total. The maximum absolute atomic E-state index is 2.51. The summed E-state index contributed by atoms with van der Waals surface area (Å²) >= 11 is 3.70. The molecule has 282 valence electrons. The van der Waals surface area contributed by atoms with Crippen LogP contribution in [0.15, 0.2) is 226 Å². The van der Waals surface area contributed by atoms with Crippen molar-refractivity contribution in [2.45, 2.75) is 19.6 Å². The van der Waals surface area contributed by atoms with Gasteiger partial charge in [-0.25, -0.2) is 0 Å². The number of hydrogen-bond acceptors (Lipinski definition) is 4. The molecule has 0 saturated carbocycles. The number of rotatable bonds is 4. The minimum Gasteiger partial charge on any atom is -0.309 e. The first kappa shape index (κ1) is 33.8. The molecule has 0 amide bonds. The van der Waals surface area contributed by atoms with Crippen LogP contribution >= 0.6 is 23.5 Å². The fourth-order valence-electron chi connectivity index (χ4n) is 9.54. The van der Waals surface area contributed by atoms with Crippen molar-refractivity contribution < 1.29 is 0 Å². The van der Waals surface area contributed by atoms with Crippen LogP contribution in [0.1, 0.15) is 0 Å². The van der Waals surface area contributed by atoms with Crippen LogP contribution in [0.3, 0.4) is 0 Å². The Kier molecular flexibility index (Phi) is 7.44. The molecule has 0 unspecified atom stereocenters. The van der Waals surface area contributed by atoms with Crippen LogP contribution in [-0.2, 0) is 0 Å². The van der Waals surface area contributed by atoms with Crippen molar-refractivity contribution >= 4 is 101 Å². The first-order chi connectivity index (χ1) is 29.8. The van der Waals surface area contributed by atoms with Gasteiger partial charge in [-0.15, -0.1) is 0 Å². The van der Waals surface area contributed by atoms with Crippen LogP contribution in [0.25, 0.3) is 55.0 Å². The molecular weight excluding hydrogens is 769 g/mol. The van der Waals surface area contributed by atoms with Crippen LogP contribution in [0.2, 0.25) is 0 Å². The fourth-order valence-corrected chi connectivity index (χ4v) is 11.7. The highest BCUT2D eigenvalue weighted by molar-refractivity contribution is 8.00. The average Bonchev–Trinajstić information content (AvgIpc) is 3.83. The summed E-state index contributed by atoms with van der Waals surface area (Å²) in [7, 11) is 0. The molecule has 0 radical (unpaired) electrons. The molecular formula is C54H34N4S2. The maximum Gasteiger partial charge on any atom is 0.0641 e. The summed E-state index contributed by atoms with van der Waals surface area (Å²) < 4.78 is 4.98. The van der Waals surface area contributed by atoms with E-state index in [2.05, 4.69) is 225 Å². The van der Waals surface area contributed by atoms with Gasteiger partial charge >= 0.3 is 0 Å². The molecule has 0 aliphatic carbocycles. The highest BCUT2D eigenvalue weighted by Gasteiger charge is 2.28. The van der Waals surface area contributed by atoms with Gasteiger partial charge in [0.2, 0.25) is 0 Å². The number of benzene rings is 9. The average molecular weight is 803 g/mol. The molecule has 9 aromatic carbocycles. The second kappa shape index (κ2) is 13.2. The number of nitrogens with zero attached hydrogens (tertiary/aromatic N) is 4. The number of hydrogen-bond donors (Lipinski definition) is 0. The molecule has 11 aromatic rings. The standard InChI is InChI=1S/C54H34N4S2/c1-3-15-35(16-4-1)55-44-23-11-13-25-49(44)59-51-33-37(27-30-46(51)55)57-43-22-10-8-20-41(43)53-48(57)32-29-40-39-19-7-9-21-42(39)58(54(40)53)38-28-31-47-52(34-38)60-50-26-14-12-24-45(50)56(47)36-17-5-2-6-18-36/h1-34H. The molecule has 60 heavy (non-hydrogen) atoms. The zero-order valence-corrected chi connectivity index (χ0v) is 33.9. The first-order valence-corrected chi connectivity index (χ1v) is 21.9. The lowest BCUT2D eigenvalue weighted by atomic mass is 10.1. The monoisotopic (exact) mass is 802 g/mol. The van der Waals surface area contributed by atoms with E-state index in [1.54, 1.807) is 0 Å². The Balaban J connectivity index is 1.04. The Hall–Kier alpha value is -7.12. The smallest absolute Gasteiger partial charge is 0.0641 e. The third kappa shape index (κ3) is 4.95. The van der Waals surface area contributed by atoms with Gasteiger partial charge in [-0.2, -0.15) is 0 Å². The Morgan fingerprint density at radius 2 is 0.750 bits per heavy atom. The fraction of sp³-hybridized carbons (Fsp3) is 0. The minimum absolute atomic E-state index is 1.15. The summed E-state index contributed by atoms with van der Waals surface area (Å²) in [5.74, 6) is 0. The van der Waals surface area contributed by atoms with Gasteiger partial charge in [0.25, 0.3) is 0 Å². The second-order valence-corrected chi connectivity index (χ2v) is 17.5. The molecule has 6 heteroatoms. The Bertz CT molecular complexity index is 3520. The molecule has 13 rings (SSSR count). The summed E-state index contributed by atoms with van der Waals surface area (Å²) in [6.07, 6.45) is 0. The molecule has 0 bridgehead atoms.